The molecule has 0 atom stereocenters. The van der Waals surface area contributed by atoms with Crippen molar-refractivity contribution in [2.45, 2.75) is 26.9 Å². The second-order valence-corrected chi connectivity index (χ2v) is 8.86. The number of amides is 2. The lowest BCUT2D eigenvalue weighted by atomic mass is 10.2. The highest BCUT2D eigenvalue weighted by Crippen LogP contribution is 2.34. The van der Waals surface area contributed by atoms with Gasteiger partial charge in [0.15, 0.2) is 15.8 Å². The SMILES string of the molecule is CCOc1cc(/C=C2/SC(=S)N(NC(=O)c3cccs3)C2=O)ccc1OC(C)C. The van der Waals surface area contributed by atoms with E-state index in [9.17, 15) is 9.59 Å². The fourth-order valence-electron chi connectivity index (χ4n) is 2.51. The molecular weight excluding hydrogens is 428 g/mol. The highest BCUT2D eigenvalue weighted by molar-refractivity contribution is 8.26. The third-order valence-electron chi connectivity index (χ3n) is 3.68. The molecule has 1 aromatic carbocycles. The molecule has 152 valence electrons. The molecule has 0 bridgehead atoms. The molecule has 1 aromatic heterocycles. The van der Waals surface area contributed by atoms with Crippen LogP contribution in [0.1, 0.15) is 36.0 Å². The maximum Gasteiger partial charge on any atom is 0.285 e. The van der Waals surface area contributed by atoms with Crippen LogP contribution in [0.3, 0.4) is 0 Å². The minimum atomic E-state index is -0.370. The minimum Gasteiger partial charge on any atom is -0.490 e. The number of hydrogen-bond acceptors (Lipinski definition) is 7. The minimum absolute atomic E-state index is 0.0169. The van der Waals surface area contributed by atoms with Crippen LogP contribution in [-0.4, -0.2) is 33.9 Å². The first-order chi connectivity index (χ1) is 13.9. The van der Waals surface area contributed by atoms with Crippen LogP contribution in [0.15, 0.2) is 40.6 Å². The molecule has 2 amide bonds. The third-order valence-corrected chi connectivity index (χ3v) is 5.85. The molecule has 0 unspecified atom stereocenters. The molecule has 0 aliphatic carbocycles. The van der Waals surface area contributed by atoms with Gasteiger partial charge in [-0.1, -0.05) is 23.9 Å². The second-order valence-electron chi connectivity index (χ2n) is 6.24. The number of hydrogen-bond donors (Lipinski definition) is 1. The molecule has 3 rings (SSSR count). The largest absolute Gasteiger partial charge is 0.490 e. The Hall–Kier alpha value is -2.36. The zero-order valence-electron chi connectivity index (χ0n) is 16.1. The van der Waals surface area contributed by atoms with Gasteiger partial charge in [-0.2, -0.15) is 5.01 Å². The first-order valence-corrected chi connectivity index (χ1v) is 11.1. The van der Waals surface area contributed by atoms with Crippen LogP contribution in [0, 0.1) is 0 Å². The molecule has 1 aliphatic rings. The molecule has 1 fully saturated rings. The number of nitrogens with one attached hydrogen (secondary N) is 1. The number of ether oxygens (including phenoxy) is 2. The number of benzene rings is 1. The third kappa shape index (κ3) is 5.17. The lowest BCUT2D eigenvalue weighted by Crippen LogP contribution is -2.44. The van der Waals surface area contributed by atoms with E-state index in [1.165, 1.54) is 11.3 Å². The van der Waals surface area contributed by atoms with Crippen LogP contribution in [0.25, 0.3) is 6.08 Å². The monoisotopic (exact) mass is 448 g/mol. The van der Waals surface area contributed by atoms with Crippen molar-refractivity contribution in [3.05, 3.63) is 51.1 Å². The molecule has 1 saturated heterocycles. The Balaban J connectivity index is 1.79. The molecule has 0 radical (unpaired) electrons. The molecule has 6 nitrogen and oxygen atoms in total. The number of hydrazine groups is 1. The van der Waals surface area contributed by atoms with Gasteiger partial charge in [0, 0.05) is 0 Å². The number of carbonyl (C=O) groups excluding carboxylic acids is 2. The van der Waals surface area contributed by atoms with Gasteiger partial charge in [0.2, 0.25) is 0 Å². The van der Waals surface area contributed by atoms with Crippen molar-refractivity contribution in [1.82, 2.24) is 10.4 Å². The van der Waals surface area contributed by atoms with Gasteiger partial charge in [0.25, 0.3) is 11.8 Å². The quantitative estimate of drug-likeness (QED) is 0.498. The molecule has 2 aromatic rings. The summed E-state index contributed by atoms with van der Waals surface area (Å²) in [4.78, 5) is 25.9. The molecule has 29 heavy (non-hydrogen) atoms. The van der Waals surface area contributed by atoms with E-state index in [-0.39, 0.29) is 22.2 Å². The van der Waals surface area contributed by atoms with Gasteiger partial charge in [0.05, 0.1) is 22.5 Å². The maximum absolute atomic E-state index is 12.7. The van der Waals surface area contributed by atoms with Crippen molar-refractivity contribution >= 4 is 57.5 Å². The molecular formula is C20H20N2O4S3. The zero-order valence-corrected chi connectivity index (χ0v) is 18.6. The van der Waals surface area contributed by atoms with E-state index in [2.05, 4.69) is 5.43 Å². The topological polar surface area (TPSA) is 67.9 Å². The van der Waals surface area contributed by atoms with Crippen molar-refractivity contribution in [3.8, 4) is 11.5 Å². The fourth-order valence-corrected chi connectivity index (χ4v) is 4.31. The number of thiocarbonyl (C=S) groups is 1. The Morgan fingerprint density at radius 1 is 1.31 bits per heavy atom. The highest BCUT2D eigenvalue weighted by Gasteiger charge is 2.34. The van der Waals surface area contributed by atoms with Gasteiger partial charge in [-0.25, -0.2) is 0 Å². The summed E-state index contributed by atoms with van der Waals surface area (Å²) in [5.74, 6) is 0.517. The Morgan fingerprint density at radius 3 is 2.76 bits per heavy atom. The number of carbonyl (C=O) groups is 2. The van der Waals surface area contributed by atoms with Crippen molar-refractivity contribution in [3.63, 3.8) is 0 Å². The van der Waals surface area contributed by atoms with Gasteiger partial charge in [-0.05, 0) is 68.2 Å². The van der Waals surface area contributed by atoms with E-state index in [1.54, 1.807) is 23.6 Å². The summed E-state index contributed by atoms with van der Waals surface area (Å²) in [6.45, 7) is 6.28. The molecule has 2 heterocycles. The predicted molar refractivity (Wildman–Crippen MR) is 120 cm³/mol. The Morgan fingerprint density at radius 2 is 2.10 bits per heavy atom. The van der Waals surface area contributed by atoms with E-state index in [0.29, 0.717) is 27.9 Å². The summed E-state index contributed by atoms with van der Waals surface area (Å²) < 4.78 is 11.7. The lowest BCUT2D eigenvalue weighted by Gasteiger charge is -2.15. The van der Waals surface area contributed by atoms with Crippen molar-refractivity contribution < 1.29 is 19.1 Å². The normalized spacial score (nSPS) is 15.3. The fraction of sp³-hybridized carbons (Fsp3) is 0.250. The lowest BCUT2D eigenvalue weighted by molar-refractivity contribution is -0.123. The van der Waals surface area contributed by atoms with Crippen LogP contribution in [0.4, 0.5) is 0 Å². The summed E-state index contributed by atoms with van der Waals surface area (Å²) in [5.41, 5.74) is 3.34. The van der Waals surface area contributed by atoms with Gasteiger partial charge < -0.3 is 9.47 Å². The standard InChI is InChI=1S/C20H20N2O4S3/c1-4-25-15-10-13(7-8-14(15)26-12(2)3)11-17-19(24)22(20(27)29-17)21-18(23)16-6-5-9-28-16/h5-12H,4H2,1-3H3,(H,21,23)/b17-11+. The predicted octanol–water partition coefficient (Wildman–Crippen LogP) is 4.48. The number of thiophene rings is 1. The number of rotatable bonds is 7. The average molecular weight is 449 g/mol. The molecule has 0 saturated carbocycles. The van der Waals surface area contributed by atoms with Gasteiger partial charge in [0.1, 0.15) is 0 Å². The van der Waals surface area contributed by atoms with Crippen LogP contribution >= 0.6 is 35.3 Å². The van der Waals surface area contributed by atoms with Crippen LogP contribution in [-0.2, 0) is 4.79 Å². The summed E-state index contributed by atoms with van der Waals surface area (Å²) in [6, 6.07) is 8.93. The van der Waals surface area contributed by atoms with E-state index in [4.69, 9.17) is 21.7 Å². The maximum atomic E-state index is 12.7. The Bertz CT molecular complexity index is 955. The number of nitrogens with zero attached hydrogens (tertiary/aromatic N) is 1. The van der Waals surface area contributed by atoms with Crippen LogP contribution in [0.5, 0.6) is 11.5 Å². The van der Waals surface area contributed by atoms with Gasteiger partial charge in [-0.15, -0.1) is 11.3 Å². The summed E-state index contributed by atoms with van der Waals surface area (Å²) >= 11 is 7.69. The van der Waals surface area contributed by atoms with Crippen LogP contribution < -0.4 is 14.9 Å². The first-order valence-electron chi connectivity index (χ1n) is 8.95. The van der Waals surface area contributed by atoms with Crippen LogP contribution in [0.2, 0.25) is 0 Å². The van der Waals surface area contributed by atoms with E-state index < -0.39 is 0 Å². The number of thioether (sulfide) groups is 1. The molecule has 9 heteroatoms. The zero-order chi connectivity index (χ0) is 21.0. The van der Waals surface area contributed by atoms with Crippen molar-refractivity contribution in [1.29, 1.82) is 0 Å². The summed E-state index contributed by atoms with van der Waals surface area (Å²) in [7, 11) is 0. The highest BCUT2D eigenvalue weighted by atomic mass is 32.2. The summed E-state index contributed by atoms with van der Waals surface area (Å²) in [6.07, 6.45) is 1.74. The van der Waals surface area contributed by atoms with Gasteiger partial charge >= 0.3 is 0 Å². The summed E-state index contributed by atoms with van der Waals surface area (Å²) in [5, 5.41) is 2.90. The Labute approximate surface area is 182 Å². The van der Waals surface area contributed by atoms with Crippen molar-refractivity contribution in [2.24, 2.45) is 0 Å². The smallest absolute Gasteiger partial charge is 0.285 e. The van der Waals surface area contributed by atoms with Gasteiger partial charge in [-0.3, -0.25) is 15.0 Å². The van der Waals surface area contributed by atoms with E-state index in [1.807, 2.05) is 39.0 Å². The molecule has 1 N–H and O–H groups in total. The first kappa shape index (κ1) is 21.4. The van der Waals surface area contributed by atoms with E-state index >= 15 is 0 Å². The molecule has 1 aliphatic heterocycles. The van der Waals surface area contributed by atoms with Crippen molar-refractivity contribution in [2.75, 3.05) is 6.61 Å². The van der Waals surface area contributed by atoms with E-state index in [0.717, 1.165) is 22.3 Å². The second kappa shape index (κ2) is 9.43. The average Bonchev–Trinajstić information content (AvgIpc) is 3.29. The Kier molecular flexibility index (Phi) is 6.94. The molecule has 0 spiro atoms.